The van der Waals surface area contributed by atoms with E-state index >= 15 is 0 Å². The van der Waals surface area contributed by atoms with Gasteiger partial charge in [0.15, 0.2) is 0 Å². The van der Waals surface area contributed by atoms with Crippen LogP contribution in [0, 0.1) is 5.92 Å². The molecule has 3 aromatic rings. The van der Waals surface area contributed by atoms with Gasteiger partial charge in [0.2, 0.25) is 29.5 Å². The van der Waals surface area contributed by atoms with Gasteiger partial charge in [-0.05, 0) is 40.8 Å². The first-order valence-corrected chi connectivity index (χ1v) is 13.5. The Morgan fingerprint density at radius 3 is 2.15 bits per heavy atom. The van der Waals surface area contributed by atoms with Crippen LogP contribution >= 0.6 is 0 Å². The van der Waals surface area contributed by atoms with Crippen molar-refractivity contribution in [1.82, 2.24) is 15.5 Å². The minimum Gasteiger partial charge on any atom is -0.345 e. The lowest BCUT2D eigenvalue weighted by Gasteiger charge is -2.26. The predicted molar refractivity (Wildman–Crippen MR) is 152 cm³/mol. The maximum Gasteiger partial charge on any atom is 0.246 e. The molecule has 208 valence electrons. The Morgan fingerprint density at radius 1 is 0.825 bits per heavy atom. The third kappa shape index (κ3) is 7.31. The van der Waals surface area contributed by atoms with Crippen molar-refractivity contribution in [2.75, 3.05) is 11.9 Å². The van der Waals surface area contributed by atoms with E-state index in [0.29, 0.717) is 12.1 Å². The highest BCUT2D eigenvalue weighted by Crippen LogP contribution is 2.20. The van der Waals surface area contributed by atoms with Gasteiger partial charge in [-0.1, -0.05) is 74.5 Å². The molecule has 1 aliphatic heterocycles. The second-order valence-corrected chi connectivity index (χ2v) is 10.4. The minimum atomic E-state index is -1.07. The van der Waals surface area contributed by atoms with E-state index in [0.717, 1.165) is 21.2 Å². The van der Waals surface area contributed by atoms with Crippen LogP contribution in [0.15, 0.2) is 72.8 Å². The molecule has 0 unspecified atom stereocenters. The lowest BCUT2D eigenvalue weighted by Crippen LogP contribution is -2.53. The van der Waals surface area contributed by atoms with Crippen molar-refractivity contribution in [1.29, 1.82) is 0 Å². The average molecular weight is 543 g/mol. The first-order valence-electron chi connectivity index (χ1n) is 13.5. The molecule has 0 radical (unpaired) electrons. The molecule has 1 fully saturated rings. The number of likely N-dealkylation sites (tertiary alicyclic amines) is 1. The van der Waals surface area contributed by atoms with Crippen molar-refractivity contribution in [3.8, 4) is 0 Å². The maximum atomic E-state index is 13.2. The number of hydrogen-bond acceptors (Lipinski definition) is 5. The summed E-state index contributed by atoms with van der Waals surface area (Å²) in [6.07, 6.45) is 0.643. The highest BCUT2D eigenvalue weighted by molar-refractivity contribution is 6.06. The number of rotatable bonds is 11. The molecule has 9 nitrogen and oxygen atoms in total. The molecule has 0 aromatic heterocycles. The Kier molecular flexibility index (Phi) is 9.27. The topological polar surface area (TPSA) is 125 Å². The van der Waals surface area contributed by atoms with Crippen molar-refractivity contribution < 1.29 is 24.0 Å². The summed E-state index contributed by atoms with van der Waals surface area (Å²) >= 11 is 0. The van der Waals surface area contributed by atoms with Crippen LogP contribution in [0.4, 0.5) is 5.69 Å². The summed E-state index contributed by atoms with van der Waals surface area (Å²) in [5.74, 6) is -2.22. The van der Waals surface area contributed by atoms with Gasteiger partial charge >= 0.3 is 0 Å². The second kappa shape index (κ2) is 13.0. The summed E-state index contributed by atoms with van der Waals surface area (Å²) in [4.78, 5) is 64.9. The van der Waals surface area contributed by atoms with Crippen LogP contribution in [0.1, 0.15) is 38.7 Å². The Bertz CT molecular complexity index is 1390. The van der Waals surface area contributed by atoms with Crippen molar-refractivity contribution in [2.45, 2.75) is 51.6 Å². The van der Waals surface area contributed by atoms with Gasteiger partial charge in [0.1, 0.15) is 12.1 Å². The van der Waals surface area contributed by atoms with Gasteiger partial charge in [-0.3, -0.25) is 28.9 Å². The Labute approximate surface area is 233 Å². The molecular formula is C31H34N4O5. The van der Waals surface area contributed by atoms with Crippen LogP contribution in [-0.2, 0) is 30.4 Å². The molecule has 0 bridgehead atoms. The quantitative estimate of drug-likeness (QED) is 0.321. The molecule has 0 spiro atoms. The smallest absolute Gasteiger partial charge is 0.246 e. The number of carbonyl (C=O) groups excluding carboxylic acids is 5. The van der Waals surface area contributed by atoms with E-state index in [1.807, 2.05) is 86.6 Å². The first kappa shape index (κ1) is 28.5. The summed E-state index contributed by atoms with van der Waals surface area (Å²) in [5, 5.41) is 10.2. The first-order chi connectivity index (χ1) is 19.2. The molecule has 2 atom stereocenters. The number of fused-ring (bicyclic) bond motifs is 1. The molecule has 3 aromatic carbocycles. The molecule has 40 heavy (non-hydrogen) atoms. The number of anilines is 1. The zero-order chi connectivity index (χ0) is 28.6. The van der Waals surface area contributed by atoms with Crippen LogP contribution in [0.2, 0.25) is 0 Å². The standard InChI is InChI=1S/C31H34N4O5/c1-20(2)16-25(30(39)33-24-13-12-22-10-6-7-11-23(22)18-24)34-27(36)19-32-31(40)26(17-21-8-4-3-5-9-21)35-28(37)14-15-29(35)38/h3-13,18,20,25-26H,14-17,19H2,1-2H3,(H,32,40)(H,33,39)(H,34,36)/t25-,26-/m1/s1. The van der Waals surface area contributed by atoms with Gasteiger partial charge in [-0.25, -0.2) is 0 Å². The van der Waals surface area contributed by atoms with Crippen LogP contribution in [0.25, 0.3) is 10.8 Å². The largest absolute Gasteiger partial charge is 0.345 e. The lowest BCUT2D eigenvalue weighted by atomic mass is 10.0. The van der Waals surface area contributed by atoms with Crippen molar-refractivity contribution in [3.63, 3.8) is 0 Å². The zero-order valence-electron chi connectivity index (χ0n) is 22.7. The van der Waals surface area contributed by atoms with Gasteiger partial charge < -0.3 is 16.0 Å². The molecule has 3 N–H and O–H groups in total. The van der Waals surface area contributed by atoms with Crippen molar-refractivity contribution in [3.05, 3.63) is 78.4 Å². The second-order valence-electron chi connectivity index (χ2n) is 10.4. The fourth-order valence-electron chi connectivity index (χ4n) is 4.81. The summed E-state index contributed by atoms with van der Waals surface area (Å²) in [7, 11) is 0. The van der Waals surface area contributed by atoms with E-state index in [9.17, 15) is 24.0 Å². The van der Waals surface area contributed by atoms with Gasteiger partial charge in [0.05, 0.1) is 6.54 Å². The summed E-state index contributed by atoms with van der Waals surface area (Å²) in [6, 6.07) is 20.6. The summed E-state index contributed by atoms with van der Waals surface area (Å²) < 4.78 is 0. The molecule has 1 heterocycles. The van der Waals surface area contributed by atoms with Crippen LogP contribution in [0.3, 0.4) is 0 Å². The van der Waals surface area contributed by atoms with E-state index < -0.39 is 42.3 Å². The number of hydrogen-bond donors (Lipinski definition) is 3. The number of imide groups is 1. The van der Waals surface area contributed by atoms with Gasteiger partial charge in [-0.2, -0.15) is 0 Å². The van der Waals surface area contributed by atoms with Crippen LogP contribution < -0.4 is 16.0 Å². The zero-order valence-corrected chi connectivity index (χ0v) is 22.7. The molecule has 9 heteroatoms. The molecule has 1 saturated heterocycles. The van der Waals surface area contributed by atoms with Crippen LogP contribution in [0.5, 0.6) is 0 Å². The van der Waals surface area contributed by atoms with Gasteiger partial charge in [-0.15, -0.1) is 0 Å². The Morgan fingerprint density at radius 2 is 1.48 bits per heavy atom. The monoisotopic (exact) mass is 542 g/mol. The fourth-order valence-corrected chi connectivity index (χ4v) is 4.81. The molecule has 4 rings (SSSR count). The van der Waals surface area contributed by atoms with Gasteiger partial charge in [0.25, 0.3) is 0 Å². The van der Waals surface area contributed by atoms with Crippen LogP contribution in [-0.4, -0.2) is 53.1 Å². The lowest BCUT2D eigenvalue weighted by molar-refractivity contribution is -0.146. The third-order valence-corrected chi connectivity index (χ3v) is 6.78. The molecule has 0 aliphatic carbocycles. The number of amides is 5. The molecular weight excluding hydrogens is 508 g/mol. The van der Waals surface area contributed by atoms with E-state index in [1.165, 1.54) is 0 Å². The average Bonchev–Trinajstić information content (AvgIpc) is 3.27. The number of nitrogens with zero attached hydrogens (tertiary/aromatic N) is 1. The highest BCUT2D eigenvalue weighted by Gasteiger charge is 2.39. The SMILES string of the molecule is CC(C)C[C@@H](NC(=O)CNC(=O)[C@@H](Cc1ccccc1)N1C(=O)CCC1=O)C(=O)Nc1ccc2ccccc2c1. The number of carbonyl (C=O) groups is 5. The Hall–Kier alpha value is -4.53. The molecule has 5 amide bonds. The molecule has 1 aliphatic rings. The van der Waals surface area contributed by atoms with E-state index in [2.05, 4.69) is 16.0 Å². The number of benzene rings is 3. The third-order valence-electron chi connectivity index (χ3n) is 6.78. The normalized spacial score (nSPS) is 14.7. The summed E-state index contributed by atoms with van der Waals surface area (Å²) in [5.41, 5.74) is 1.39. The van der Waals surface area contributed by atoms with E-state index in [-0.39, 0.29) is 31.1 Å². The van der Waals surface area contributed by atoms with Gasteiger partial charge in [0, 0.05) is 24.9 Å². The van der Waals surface area contributed by atoms with E-state index in [1.54, 1.807) is 0 Å². The molecule has 0 saturated carbocycles. The fraction of sp³-hybridized carbons (Fsp3) is 0.323. The van der Waals surface area contributed by atoms with E-state index in [4.69, 9.17) is 0 Å². The highest BCUT2D eigenvalue weighted by atomic mass is 16.2. The minimum absolute atomic E-state index is 0.0566. The number of nitrogens with one attached hydrogen (secondary N) is 3. The maximum absolute atomic E-state index is 13.2. The van der Waals surface area contributed by atoms with Crippen molar-refractivity contribution >= 4 is 46.0 Å². The van der Waals surface area contributed by atoms with Crippen molar-refractivity contribution in [2.24, 2.45) is 5.92 Å². The Balaban J connectivity index is 1.40. The predicted octanol–water partition coefficient (Wildman–Crippen LogP) is 3.19. The summed E-state index contributed by atoms with van der Waals surface area (Å²) in [6.45, 7) is 3.49.